The molecule has 0 spiro atoms. The molecule has 0 N–H and O–H groups in total. The topological polar surface area (TPSA) is 69.6 Å². The Bertz CT molecular complexity index is 866. The van der Waals surface area contributed by atoms with Crippen LogP contribution in [-0.4, -0.2) is 27.7 Å². The Hall–Kier alpha value is -2.34. The second kappa shape index (κ2) is 4.84. The van der Waals surface area contributed by atoms with E-state index in [1.165, 1.54) is 13.5 Å². The number of hydrogen-bond donors (Lipinski definition) is 0. The van der Waals surface area contributed by atoms with Gasteiger partial charge in [0.2, 0.25) is 0 Å². The van der Waals surface area contributed by atoms with E-state index < -0.39 is 5.97 Å². The van der Waals surface area contributed by atoms with Gasteiger partial charge in [0.25, 0.3) is 0 Å². The monoisotopic (exact) mass is 317 g/mol. The Balaban J connectivity index is 2.01. The average molecular weight is 318 g/mol. The van der Waals surface area contributed by atoms with Crippen molar-refractivity contribution in [2.75, 3.05) is 7.11 Å². The summed E-state index contributed by atoms with van der Waals surface area (Å²) >= 11 is 6.33. The number of halogens is 1. The zero-order valence-corrected chi connectivity index (χ0v) is 12.5. The first-order valence-corrected chi connectivity index (χ1v) is 7.26. The number of nitrogens with zero attached hydrogens (tertiary/aromatic N) is 3. The van der Waals surface area contributed by atoms with Crippen molar-refractivity contribution in [2.45, 2.75) is 18.8 Å². The number of esters is 1. The molecule has 3 heterocycles. The highest BCUT2D eigenvalue weighted by Crippen LogP contribution is 2.42. The van der Waals surface area contributed by atoms with Crippen molar-refractivity contribution < 1.29 is 13.9 Å². The number of oxazole rings is 1. The van der Waals surface area contributed by atoms with Crippen LogP contribution >= 0.6 is 11.6 Å². The fraction of sp³-hybridized carbons (Fsp3) is 0.267. The van der Waals surface area contributed by atoms with E-state index in [0.29, 0.717) is 22.9 Å². The lowest BCUT2D eigenvalue weighted by Crippen LogP contribution is -2.03. The van der Waals surface area contributed by atoms with Crippen molar-refractivity contribution in [1.82, 2.24) is 14.6 Å². The first-order valence-electron chi connectivity index (χ1n) is 6.88. The summed E-state index contributed by atoms with van der Waals surface area (Å²) in [6.45, 7) is 0. The Morgan fingerprint density at radius 2 is 2.27 bits per heavy atom. The molecule has 6 nitrogen and oxygen atoms in total. The van der Waals surface area contributed by atoms with Crippen molar-refractivity contribution in [3.63, 3.8) is 0 Å². The fourth-order valence-corrected chi connectivity index (χ4v) is 2.79. The molecule has 1 fully saturated rings. The summed E-state index contributed by atoms with van der Waals surface area (Å²) in [5.41, 5.74) is 2.64. The van der Waals surface area contributed by atoms with Gasteiger partial charge < -0.3 is 9.15 Å². The van der Waals surface area contributed by atoms with Crippen LogP contribution in [-0.2, 0) is 4.74 Å². The SMILES string of the molecule is COC(=O)c1nn2c(-c3cnco3)cc(C3CC3)cc2c1Cl. The molecule has 7 heteroatoms. The maximum Gasteiger partial charge on any atom is 0.360 e. The quantitative estimate of drug-likeness (QED) is 0.693. The van der Waals surface area contributed by atoms with Gasteiger partial charge in [0, 0.05) is 0 Å². The summed E-state index contributed by atoms with van der Waals surface area (Å²) in [6.07, 6.45) is 5.28. The zero-order chi connectivity index (χ0) is 15.3. The van der Waals surface area contributed by atoms with Crippen LogP contribution in [0.5, 0.6) is 0 Å². The van der Waals surface area contributed by atoms with Gasteiger partial charge in [-0.3, -0.25) is 0 Å². The lowest BCUT2D eigenvalue weighted by atomic mass is 10.1. The Morgan fingerprint density at radius 3 is 2.91 bits per heavy atom. The zero-order valence-electron chi connectivity index (χ0n) is 11.7. The highest BCUT2D eigenvalue weighted by molar-refractivity contribution is 6.36. The molecule has 0 radical (unpaired) electrons. The fourth-order valence-electron chi connectivity index (χ4n) is 2.54. The first-order chi connectivity index (χ1) is 10.7. The van der Waals surface area contributed by atoms with Crippen LogP contribution in [0.3, 0.4) is 0 Å². The average Bonchev–Trinajstić information content (AvgIpc) is 3.14. The van der Waals surface area contributed by atoms with E-state index in [2.05, 4.69) is 10.1 Å². The van der Waals surface area contributed by atoms with Gasteiger partial charge in [-0.05, 0) is 36.5 Å². The van der Waals surface area contributed by atoms with Crippen molar-refractivity contribution in [1.29, 1.82) is 0 Å². The summed E-state index contributed by atoms with van der Waals surface area (Å²) in [7, 11) is 1.30. The van der Waals surface area contributed by atoms with Crippen molar-refractivity contribution in [3.05, 3.63) is 41.0 Å². The van der Waals surface area contributed by atoms with Gasteiger partial charge >= 0.3 is 5.97 Å². The summed E-state index contributed by atoms with van der Waals surface area (Å²) in [4.78, 5) is 15.8. The van der Waals surface area contributed by atoms with Gasteiger partial charge in [-0.15, -0.1) is 0 Å². The van der Waals surface area contributed by atoms with Gasteiger partial charge in [-0.1, -0.05) is 11.6 Å². The number of carbonyl (C=O) groups excluding carboxylic acids is 1. The molecule has 3 aromatic rings. The second-order valence-electron chi connectivity index (χ2n) is 5.27. The molecule has 112 valence electrons. The summed E-state index contributed by atoms with van der Waals surface area (Å²) in [5, 5.41) is 4.57. The molecule has 0 amide bonds. The van der Waals surface area contributed by atoms with E-state index in [1.807, 2.05) is 12.1 Å². The molecule has 0 atom stereocenters. The molecule has 1 aliphatic rings. The van der Waals surface area contributed by atoms with Crippen LogP contribution in [0.2, 0.25) is 5.02 Å². The minimum absolute atomic E-state index is 0.0953. The molecule has 1 saturated carbocycles. The van der Waals surface area contributed by atoms with Gasteiger partial charge in [-0.25, -0.2) is 14.3 Å². The largest absolute Gasteiger partial charge is 0.464 e. The highest BCUT2D eigenvalue weighted by Gasteiger charge is 2.28. The Morgan fingerprint density at radius 1 is 1.45 bits per heavy atom. The van der Waals surface area contributed by atoms with Crippen LogP contribution in [0, 0.1) is 0 Å². The minimum atomic E-state index is -0.565. The third-order valence-electron chi connectivity index (χ3n) is 3.81. The number of ether oxygens (including phenoxy) is 1. The van der Waals surface area contributed by atoms with Crippen molar-refractivity contribution >= 4 is 23.1 Å². The molecule has 0 aromatic carbocycles. The van der Waals surface area contributed by atoms with E-state index in [4.69, 9.17) is 20.8 Å². The van der Waals surface area contributed by atoms with Crippen LogP contribution in [0.25, 0.3) is 17.0 Å². The van der Waals surface area contributed by atoms with Gasteiger partial charge in [-0.2, -0.15) is 5.10 Å². The van der Waals surface area contributed by atoms with Gasteiger partial charge in [0.15, 0.2) is 17.8 Å². The number of hydrogen-bond acceptors (Lipinski definition) is 5. The van der Waals surface area contributed by atoms with Crippen molar-refractivity contribution in [3.8, 4) is 11.5 Å². The Kier molecular flexibility index (Phi) is 2.94. The lowest BCUT2D eigenvalue weighted by Gasteiger charge is -2.05. The third kappa shape index (κ3) is 1.99. The number of carbonyl (C=O) groups is 1. The maximum atomic E-state index is 11.8. The molecule has 1 aliphatic carbocycles. The minimum Gasteiger partial charge on any atom is -0.464 e. The van der Waals surface area contributed by atoms with E-state index in [0.717, 1.165) is 18.4 Å². The molecule has 0 aliphatic heterocycles. The summed E-state index contributed by atoms with van der Waals surface area (Å²) in [6, 6.07) is 3.98. The normalized spacial score (nSPS) is 14.5. The Labute approximate surface area is 130 Å². The van der Waals surface area contributed by atoms with E-state index in [-0.39, 0.29) is 10.7 Å². The molecule has 22 heavy (non-hydrogen) atoms. The molecular formula is C15H12ClN3O3. The molecule has 0 unspecified atom stereocenters. The molecule has 4 rings (SSSR count). The van der Waals surface area contributed by atoms with Gasteiger partial charge in [0.1, 0.15) is 10.7 Å². The lowest BCUT2D eigenvalue weighted by molar-refractivity contribution is 0.0594. The number of methoxy groups -OCH3 is 1. The molecular weight excluding hydrogens is 306 g/mol. The van der Waals surface area contributed by atoms with Crippen LogP contribution < -0.4 is 0 Å². The van der Waals surface area contributed by atoms with Crippen molar-refractivity contribution in [2.24, 2.45) is 0 Å². The van der Waals surface area contributed by atoms with Gasteiger partial charge in [0.05, 0.1) is 18.8 Å². The van der Waals surface area contributed by atoms with E-state index in [1.54, 1.807) is 10.7 Å². The number of fused-ring (bicyclic) bond motifs is 1. The van der Waals surface area contributed by atoms with Crippen LogP contribution in [0.15, 0.2) is 29.1 Å². The van der Waals surface area contributed by atoms with E-state index in [9.17, 15) is 4.79 Å². The number of pyridine rings is 1. The molecule has 0 bridgehead atoms. The number of rotatable bonds is 3. The highest BCUT2D eigenvalue weighted by atomic mass is 35.5. The number of aromatic nitrogens is 3. The first kappa shape index (κ1) is 13.3. The molecule has 0 saturated heterocycles. The maximum absolute atomic E-state index is 11.8. The smallest absolute Gasteiger partial charge is 0.360 e. The van der Waals surface area contributed by atoms with E-state index >= 15 is 0 Å². The predicted molar refractivity (Wildman–Crippen MR) is 79.0 cm³/mol. The summed E-state index contributed by atoms with van der Waals surface area (Å²) < 4.78 is 11.7. The second-order valence-corrected chi connectivity index (χ2v) is 5.64. The molecule has 3 aromatic heterocycles. The predicted octanol–water partition coefficient (Wildman–Crippen LogP) is 3.31. The van der Waals surface area contributed by atoms with Crippen LogP contribution in [0.4, 0.5) is 0 Å². The van der Waals surface area contributed by atoms with Crippen LogP contribution in [0.1, 0.15) is 34.8 Å². The third-order valence-corrected chi connectivity index (χ3v) is 4.18. The summed E-state index contributed by atoms with van der Waals surface area (Å²) in [5.74, 6) is 0.535. The standard InChI is InChI=1S/C15H12ClN3O3/c1-21-15(20)14-13(16)11-5-9(8-2-3-8)4-10(19(11)18-14)12-6-17-7-22-12/h4-8H,2-3H2,1H3.